The Morgan fingerprint density at radius 1 is 1.11 bits per heavy atom. The summed E-state index contributed by atoms with van der Waals surface area (Å²) in [5, 5.41) is 0. The van der Waals surface area contributed by atoms with Crippen LogP contribution in [0.3, 0.4) is 0 Å². The lowest BCUT2D eigenvalue weighted by Gasteiger charge is -2.24. The zero-order valence-electron chi connectivity index (χ0n) is 15.8. The summed E-state index contributed by atoms with van der Waals surface area (Å²) in [7, 11) is 0. The van der Waals surface area contributed by atoms with E-state index in [1.807, 2.05) is 36.4 Å². The van der Waals surface area contributed by atoms with Crippen molar-refractivity contribution in [3.05, 3.63) is 78.2 Å². The van der Waals surface area contributed by atoms with Gasteiger partial charge in [0.2, 0.25) is 11.8 Å². The first-order chi connectivity index (χ1) is 13.8. The van der Waals surface area contributed by atoms with Crippen LogP contribution >= 0.6 is 11.8 Å². The number of rotatable bonds is 7. The lowest BCUT2D eigenvalue weighted by atomic mass is 10.0. The molecule has 144 valence electrons. The van der Waals surface area contributed by atoms with E-state index in [1.165, 1.54) is 5.56 Å². The number of aromatic nitrogens is 1. The van der Waals surface area contributed by atoms with Gasteiger partial charge in [-0.15, -0.1) is 11.8 Å². The SMILES string of the molecule is O=C(CSCc1coc(-c2ccccc2)n1)N1CCCC1Cc1ccccc1. The molecule has 1 saturated heterocycles. The van der Waals surface area contributed by atoms with Crippen LogP contribution < -0.4 is 0 Å². The van der Waals surface area contributed by atoms with E-state index in [-0.39, 0.29) is 5.91 Å². The number of thioether (sulfide) groups is 1. The van der Waals surface area contributed by atoms with Gasteiger partial charge in [0.1, 0.15) is 6.26 Å². The molecule has 0 aliphatic carbocycles. The molecule has 2 aromatic carbocycles. The fourth-order valence-corrected chi connectivity index (χ4v) is 4.46. The van der Waals surface area contributed by atoms with Gasteiger partial charge in [-0.05, 0) is 37.0 Å². The number of likely N-dealkylation sites (tertiary alicyclic amines) is 1. The van der Waals surface area contributed by atoms with Crippen LogP contribution in [0, 0.1) is 0 Å². The van der Waals surface area contributed by atoms with E-state index in [1.54, 1.807) is 18.0 Å². The van der Waals surface area contributed by atoms with Gasteiger partial charge in [0.15, 0.2) is 0 Å². The number of hydrogen-bond donors (Lipinski definition) is 0. The normalized spacial score (nSPS) is 16.4. The van der Waals surface area contributed by atoms with Crippen molar-refractivity contribution in [1.82, 2.24) is 9.88 Å². The second-order valence-corrected chi connectivity index (χ2v) is 8.06. The highest BCUT2D eigenvalue weighted by atomic mass is 32.2. The number of oxazole rings is 1. The summed E-state index contributed by atoms with van der Waals surface area (Å²) in [6.07, 6.45) is 4.82. The summed E-state index contributed by atoms with van der Waals surface area (Å²) in [6, 6.07) is 20.6. The summed E-state index contributed by atoms with van der Waals surface area (Å²) < 4.78 is 5.57. The second kappa shape index (κ2) is 9.11. The van der Waals surface area contributed by atoms with Crippen LogP contribution in [0.5, 0.6) is 0 Å². The van der Waals surface area contributed by atoms with Crippen LogP contribution in [-0.4, -0.2) is 34.1 Å². The van der Waals surface area contributed by atoms with Gasteiger partial charge >= 0.3 is 0 Å². The van der Waals surface area contributed by atoms with Crippen molar-refractivity contribution in [3.8, 4) is 11.5 Å². The summed E-state index contributed by atoms with van der Waals surface area (Å²) in [5.41, 5.74) is 3.14. The van der Waals surface area contributed by atoms with Crippen molar-refractivity contribution < 1.29 is 9.21 Å². The van der Waals surface area contributed by atoms with Gasteiger partial charge in [0, 0.05) is 23.9 Å². The number of hydrogen-bond acceptors (Lipinski definition) is 4. The van der Waals surface area contributed by atoms with Crippen LogP contribution in [0.2, 0.25) is 0 Å². The minimum Gasteiger partial charge on any atom is -0.444 e. The summed E-state index contributed by atoms with van der Waals surface area (Å²) in [5.74, 6) is 2.03. The Morgan fingerprint density at radius 2 is 1.86 bits per heavy atom. The minimum absolute atomic E-state index is 0.232. The van der Waals surface area contributed by atoms with E-state index in [4.69, 9.17) is 4.42 Å². The molecule has 5 heteroatoms. The van der Waals surface area contributed by atoms with E-state index in [2.05, 4.69) is 34.1 Å². The molecule has 4 nitrogen and oxygen atoms in total. The molecule has 1 atom stereocenters. The molecule has 0 N–H and O–H groups in total. The maximum Gasteiger partial charge on any atom is 0.232 e. The number of benzene rings is 2. The zero-order valence-corrected chi connectivity index (χ0v) is 16.6. The van der Waals surface area contributed by atoms with Crippen molar-refractivity contribution in [2.75, 3.05) is 12.3 Å². The number of carbonyl (C=O) groups is 1. The molecule has 28 heavy (non-hydrogen) atoms. The third-order valence-electron chi connectivity index (χ3n) is 5.06. The molecule has 1 aliphatic rings. The third-order valence-corrected chi connectivity index (χ3v) is 6.01. The van der Waals surface area contributed by atoms with Gasteiger partial charge in [-0.2, -0.15) is 0 Å². The first-order valence-electron chi connectivity index (χ1n) is 9.70. The Labute approximate surface area is 170 Å². The molecule has 1 amide bonds. The molecule has 0 saturated carbocycles. The monoisotopic (exact) mass is 392 g/mol. The number of nitrogens with zero attached hydrogens (tertiary/aromatic N) is 2. The van der Waals surface area contributed by atoms with Crippen molar-refractivity contribution in [2.24, 2.45) is 0 Å². The zero-order chi connectivity index (χ0) is 19.2. The van der Waals surface area contributed by atoms with Gasteiger partial charge in [-0.1, -0.05) is 48.5 Å². The molecule has 4 rings (SSSR count). The van der Waals surface area contributed by atoms with E-state index in [0.29, 0.717) is 23.4 Å². The maximum absolute atomic E-state index is 12.7. The summed E-state index contributed by atoms with van der Waals surface area (Å²) in [4.78, 5) is 19.3. The fraction of sp³-hybridized carbons (Fsp3) is 0.304. The molecule has 1 unspecified atom stereocenters. The second-order valence-electron chi connectivity index (χ2n) is 7.08. The van der Waals surface area contributed by atoms with Crippen LogP contribution in [0.4, 0.5) is 0 Å². The fourth-order valence-electron chi connectivity index (χ4n) is 3.67. The minimum atomic E-state index is 0.232. The predicted molar refractivity (Wildman–Crippen MR) is 113 cm³/mol. The molecule has 0 spiro atoms. The topological polar surface area (TPSA) is 46.3 Å². The highest BCUT2D eigenvalue weighted by molar-refractivity contribution is 7.99. The Kier molecular flexibility index (Phi) is 6.12. The summed E-state index contributed by atoms with van der Waals surface area (Å²) in [6.45, 7) is 0.874. The Bertz CT molecular complexity index is 895. The van der Waals surface area contributed by atoms with Crippen molar-refractivity contribution in [3.63, 3.8) is 0 Å². The highest BCUT2D eigenvalue weighted by Gasteiger charge is 2.28. The lowest BCUT2D eigenvalue weighted by molar-refractivity contribution is -0.129. The molecule has 0 bridgehead atoms. The average molecular weight is 393 g/mol. The Hall–Kier alpha value is -2.53. The average Bonchev–Trinajstić information content (AvgIpc) is 3.39. The molecular formula is C23H24N2O2S. The van der Waals surface area contributed by atoms with Crippen LogP contribution in [0.15, 0.2) is 71.3 Å². The van der Waals surface area contributed by atoms with E-state index >= 15 is 0 Å². The largest absolute Gasteiger partial charge is 0.444 e. The highest BCUT2D eigenvalue weighted by Crippen LogP contribution is 2.24. The van der Waals surface area contributed by atoms with Crippen LogP contribution in [-0.2, 0) is 17.0 Å². The van der Waals surface area contributed by atoms with Crippen molar-refractivity contribution >= 4 is 17.7 Å². The molecule has 0 radical (unpaired) electrons. The van der Waals surface area contributed by atoms with Gasteiger partial charge in [0.05, 0.1) is 11.4 Å². The predicted octanol–water partition coefficient (Wildman–Crippen LogP) is 4.81. The third kappa shape index (κ3) is 4.65. The standard InChI is InChI=1S/C23H24N2O2S/c26-22(25-13-7-12-21(25)14-18-8-3-1-4-9-18)17-28-16-20-15-27-23(24-20)19-10-5-2-6-11-19/h1-6,8-11,15,21H,7,12-14,16-17H2. The van der Waals surface area contributed by atoms with Crippen molar-refractivity contribution in [2.45, 2.75) is 31.1 Å². The smallest absolute Gasteiger partial charge is 0.232 e. The summed E-state index contributed by atoms with van der Waals surface area (Å²) >= 11 is 1.60. The van der Waals surface area contributed by atoms with Gasteiger partial charge < -0.3 is 9.32 Å². The van der Waals surface area contributed by atoms with E-state index in [9.17, 15) is 4.79 Å². The molecule has 3 aromatic rings. The molecule has 2 heterocycles. The van der Waals surface area contributed by atoms with E-state index < -0.39 is 0 Å². The Balaban J connectivity index is 1.28. The maximum atomic E-state index is 12.7. The molecule has 1 aliphatic heterocycles. The number of amides is 1. The first-order valence-corrected chi connectivity index (χ1v) is 10.9. The van der Waals surface area contributed by atoms with E-state index in [0.717, 1.165) is 37.1 Å². The first kappa shape index (κ1) is 18.8. The molecule has 1 fully saturated rings. The van der Waals surface area contributed by atoms with Gasteiger partial charge in [0.25, 0.3) is 0 Å². The van der Waals surface area contributed by atoms with Gasteiger partial charge in [-0.25, -0.2) is 4.98 Å². The molecular weight excluding hydrogens is 368 g/mol. The lowest BCUT2D eigenvalue weighted by Crippen LogP contribution is -2.38. The quantitative estimate of drug-likeness (QED) is 0.579. The molecule has 1 aromatic heterocycles. The van der Waals surface area contributed by atoms with Crippen LogP contribution in [0.25, 0.3) is 11.5 Å². The number of carbonyl (C=O) groups excluding carboxylic acids is 1. The van der Waals surface area contributed by atoms with Crippen LogP contribution in [0.1, 0.15) is 24.1 Å². The van der Waals surface area contributed by atoms with Crippen molar-refractivity contribution in [1.29, 1.82) is 0 Å². The van der Waals surface area contributed by atoms with Gasteiger partial charge in [-0.3, -0.25) is 4.79 Å². The Morgan fingerprint density at radius 3 is 2.64 bits per heavy atom.